The Labute approximate surface area is 197 Å². The van der Waals surface area contributed by atoms with E-state index < -0.39 is 17.2 Å². The second-order valence-electron chi connectivity index (χ2n) is 7.45. The van der Waals surface area contributed by atoms with Crippen LogP contribution in [0.1, 0.15) is 30.4 Å². The molecule has 0 radical (unpaired) electrons. The lowest BCUT2D eigenvalue weighted by molar-refractivity contribution is -0.137. The van der Waals surface area contributed by atoms with E-state index in [0.29, 0.717) is 50.7 Å². The van der Waals surface area contributed by atoms with Crippen LogP contribution in [-0.2, 0) is 22.9 Å². The van der Waals surface area contributed by atoms with Crippen molar-refractivity contribution in [3.8, 4) is 0 Å². The molecule has 0 spiro atoms. The van der Waals surface area contributed by atoms with Crippen molar-refractivity contribution < 1.29 is 17.9 Å². The Hall–Kier alpha value is -1.82. The van der Waals surface area contributed by atoms with E-state index in [-0.39, 0.29) is 24.0 Å². The lowest BCUT2D eigenvalue weighted by Gasteiger charge is -2.38. The molecule has 6 nitrogen and oxygen atoms in total. The monoisotopic (exact) mass is 551 g/mol. The van der Waals surface area contributed by atoms with E-state index in [1.807, 2.05) is 16.9 Å². The summed E-state index contributed by atoms with van der Waals surface area (Å²) in [5.41, 5.74) is -0.374. The summed E-state index contributed by atoms with van der Waals surface area (Å²) in [6.07, 6.45) is 1.47. The van der Waals surface area contributed by atoms with E-state index in [4.69, 9.17) is 4.74 Å². The van der Waals surface area contributed by atoms with Crippen molar-refractivity contribution in [3.63, 3.8) is 0 Å². The fraction of sp³-hybridized carbons (Fsp3) is 0.524. The molecular formula is C21H29F3IN5O. The zero-order valence-electron chi connectivity index (χ0n) is 17.5. The first kappa shape index (κ1) is 25.4. The van der Waals surface area contributed by atoms with Crippen LogP contribution in [0.4, 0.5) is 13.2 Å². The summed E-state index contributed by atoms with van der Waals surface area (Å²) >= 11 is 0. The highest BCUT2D eigenvalue weighted by molar-refractivity contribution is 14.0. The number of halogens is 4. The zero-order chi connectivity index (χ0) is 21.5. The molecule has 2 N–H and O–H groups in total. The molecule has 1 aromatic carbocycles. The predicted molar refractivity (Wildman–Crippen MR) is 125 cm³/mol. The highest BCUT2D eigenvalue weighted by Gasteiger charge is 2.37. The SMILES string of the molecule is CN=C(NCCCn1cccn1)NCC1(c2cccc(C(F)(F)F)c2)CCOCC1.I. The number of hydrogen-bond donors (Lipinski definition) is 2. The second-order valence-corrected chi connectivity index (χ2v) is 7.45. The smallest absolute Gasteiger partial charge is 0.381 e. The third-order valence-electron chi connectivity index (χ3n) is 5.49. The van der Waals surface area contributed by atoms with Gasteiger partial charge in [0, 0.05) is 57.7 Å². The Morgan fingerprint density at radius 3 is 2.65 bits per heavy atom. The standard InChI is InChI=1S/C21H28F3N5O.HI/c1-25-19(26-9-3-11-29-12-4-10-28-29)27-16-20(7-13-30-14-8-20)17-5-2-6-18(15-17)21(22,23)24;/h2,4-6,10,12,15H,3,7-9,11,13-14,16H2,1H3,(H2,25,26,27);1H. The van der Waals surface area contributed by atoms with Crippen LogP contribution in [0.15, 0.2) is 47.7 Å². The molecule has 1 aromatic heterocycles. The minimum atomic E-state index is -4.36. The summed E-state index contributed by atoms with van der Waals surface area (Å²) < 4.78 is 47.0. The molecule has 1 aliphatic rings. The average molecular weight is 551 g/mol. The third kappa shape index (κ3) is 7.09. The second kappa shape index (κ2) is 11.7. The van der Waals surface area contributed by atoms with E-state index in [0.717, 1.165) is 19.0 Å². The highest BCUT2D eigenvalue weighted by atomic mass is 127. The van der Waals surface area contributed by atoms with Gasteiger partial charge in [0.05, 0.1) is 5.56 Å². The molecule has 1 saturated heterocycles. The number of nitrogens with one attached hydrogen (secondary N) is 2. The molecule has 0 amide bonds. The van der Waals surface area contributed by atoms with Crippen molar-refractivity contribution >= 4 is 29.9 Å². The van der Waals surface area contributed by atoms with Crippen molar-refractivity contribution in [1.29, 1.82) is 0 Å². The number of benzene rings is 1. The number of ether oxygens (including phenoxy) is 1. The summed E-state index contributed by atoms with van der Waals surface area (Å²) in [5.74, 6) is 0.633. The van der Waals surface area contributed by atoms with Gasteiger partial charge in [-0.1, -0.05) is 18.2 Å². The minimum absolute atomic E-state index is 0. The van der Waals surface area contributed by atoms with E-state index in [9.17, 15) is 13.2 Å². The molecule has 1 fully saturated rings. The molecule has 172 valence electrons. The molecule has 2 aromatic rings. The van der Waals surface area contributed by atoms with Gasteiger partial charge in [0.15, 0.2) is 5.96 Å². The number of alkyl halides is 3. The first-order valence-corrected chi connectivity index (χ1v) is 10.1. The Morgan fingerprint density at radius 2 is 2.00 bits per heavy atom. The number of aromatic nitrogens is 2. The van der Waals surface area contributed by atoms with Crippen LogP contribution in [0.25, 0.3) is 0 Å². The number of rotatable bonds is 7. The Balaban J connectivity index is 0.00000341. The molecule has 31 heavy (non-hydrogen) atoms. The van der Waals surface area contributed by atoms with Crippen LogP contribution in [0.3, 0.4) is 0 Å². The van der Waals surface area contributed by atoms with Crippen molar-refractivity contribution in [3.05, 3.63) is 53.9 Å². The summed E-state index contributed by atoms with van der Waals surface area (Å²) in [4.78, 5) is 4.25. The quantitative estimate of drug-likeness (QED) is 0.238. The number of guanidine groups is 1. The molecule has 0 atom stereocenters. The van der Waals surface area contributed by atoms with Crippen molar-refractivity contribution in [2.45, 2.75) is 37.4 Å². The van der Waals surface area contributed by atoms with Crippen molar-refractivity contribution in [2.24, 2.45) is 4.99 Å². The molecule has 0 saturated carbocycles. The van der Waals surface area contributed by atoms with Crippen molar-refractivity contribution in [2.75, 3.05) is 33.4 Å². The van der Waals surface area contributed by atoms with Gasteiger partial charge >= 0.3 is 6.18 Å². The Bertz CT molecular complexity index is 821. The number of aryl methyl sites for hydroxylation is 1. The summed E-state index contributed by atoms with van der Waals surface area (Å²) in [6.45, 7) is 3.03. The van der Waals surface area contributed by atoms with E-state index in [1.165, 1.54) is 12.1 Å². The maximum absolute atomic E-state index is 13.2. The van der Waals surface area contributed by atoms with Gasteiger partial charge in [-0.25, -0.2) is 0 Å². The first-order chi connectivity index (χ1) is 14.4. The Morgan fingerprint density at radius 1 is 1.23 bits per heavy atom. The first-order valence-electron chi connectivity index (χ1n) is 10.1. The highest BCUT2D eigenvalue weighted by Crippen LogP contribution is 2.37. The fourth-order valence-electron chi connectivity index (χ4n) is 3.71. The summed E-state index contributed by atoms with van der Waals surface area (Å²) in [5, 5.41) is 10.7. The van der Waals surface area contributed by atoms with E-state index in [1.54, 1.807) is 19.3 Å². The van der Waals surface area contributed by atoms with Crippen LogP contribution in [0.5, 0.6) is 0 Å². The van der Waals surface area contributed by atoms with Gasteiger partial charge in [0.25, 0.3) is 0 Å². The Kier molecular flexibility index (Phi) is 9.60. The lowest BCUT2D eigenvalue weighted by atomic mass is 9.73. The van der Waals surface area contributed by atoms with Crippen LogP contribution < -0.4 is 10.6 Å². The molecule has 2 heterocycles. The average Bonchev–Trinajstić information content (AvgIpc) is 3.27. The zero-order valence-corrected chi connectivity index (χ0v) is 19.8. The number of aliphatic imine (C=N–C) groups is 1. The molecule has 1 aliphatic heterocycles. The summed E-state index contributed by atoms with van der Waals surface area (Å²) in [7, 11) is 1.68. The molecule has 3 rings (SSSR count). The molecular weight excluding hydrogens is 522 g/mol. The minimum Gasteiger partial charge on any atom is -0.381 e. The van der Waals surface area contributed by atoms with Crippen LogP contribution >= 0.6 is 24.0 Å². The van der Waals surface area contributed by atoms with Gasteiger partial charge < -0.3 is 15.4 Å². The van der Waals surface area contributed by atoms with Gasteiger partial charge in [0.1, 0.15) is 0 Å². The van der Waals surface area contributed by atoms with E-state index >= 15 is 0 Å². The predicted octanol–water partition coefficient (Wildman–Crippen LogP) is 3.82. The molecule has 10 heteroatoms. The lowest BCUT2D eigenvalue weighted by Crippen LogP contribution is -2.48. The van der Waals surface area contributed by atoms with E-state index in [2.05, 4.69) is 20.7 Å². The normalized spacial score (nSPS) is 16.5. The maximum atomic E-state index is 13.2. The molecule has 0 aliphatic carbocycles. The van der Waals surface area contributed by atoms with Crippen LogP contribution in [0.2, 0.25) is 0 Å². The number of hydrogen-bond acceptors (Lipinski definition) is 3. The van der Waals surface area contributed by atoms with Gasteiger partial charge in [-0.15, -0.1) is 24.0 Å². The largest absolute Gasteiger partial charge is 0.416 e. The van der Waals surface area contributed by atoms with Gasteiger partial charge in [-0.3, -0.25) is 9.67 Å². The fourth-order valence-corrected chi connectivity index (χ4v) is 3.71. The third-order valence-corrected chi connectivity index (χ3v) is 5.49. The molecule has 0 unspecified atom stereocenters. The topological polar surface area (TPSA) is 63.5 Å². The van der Waals surface area contributed by atoms with Crippen molar-refractivity contribution in [1.82, 2.24) is 20.4 Å². The van der Waals surface area contributed by atoms with Gasteiger partial charge in [-0.2, -0.15) is 18.3 Å². The summed E-state index contributed by atoms with van der Waals surface area (Å²) in [6, 6.07) is 7.53. The van der Waals surface area contributed by atoms with Crippen LogP contribution in [-0.4, -0.2) is 49.1 Å². The van der Waals surface area contributed by atoms with Gasteiger partial charge in [-0.05, 0) is 37.0 Å². The molecule has 0 bridgehead atoms. The number of nitrogens with zero attached hydrogens (tertiary/aromatic N) is 3. The van der Waals surface area contributed by atoms with Crippen LogP contribution in [0, 0.1) is 0 Å². The maximum Gasteiger partial charge on any atom is 0.416 e. The van der Waals surface area contributed by atoms with Gasteiger partial charge in [0.2, 0.25) is 0 Å².